The molecule has 20 heavy (non-hydrogen) atoms. The second-order valence-electron chi connectivity index (χ2n) is 4.05. The van der Waals surface area contributed by atoms with Crippen molar-refractivity contribution in [2.24, 2.45) is 0 Å². The third-order valence-corrected chi connectivity index (χ3v) is 3.53. The van der Waals surface area contributed by atoms with Gasteiger partial charge in [-0.15, -0.1) is 0 Å². The molecular weight excluding hydrogens is 270 g/mol. The molecule has 0 spiro atoms. The van der Waals surface area contributed by atoms with Crippen molar-refractivity contribution in [3.8, 4) is 5.40 Å². The fourth-order valence-electron chi connectivity index (χ4n) is 1.79. The molecule has 0 atom stereocenters. The molecule has 0 bridgehead atoms. The van der Waals surface area contributed by atoms with Crippen molar-refractivity contribution in [3.63, 3.8) is 0 Å². The van der Waals surface area contributed by atoms with Crippen molar-refractivity contribution >= 4 is 23.3 Å². The van der Waals surface area contributed by atoms with Gasteiger partial charge in [0, 0.05) is 11.1 Å². The highest BCUT2D eigenvalue weighted by molar-refractivity contribution is 8.05. The van der Waals surface area contributed by atoms with Gasteiger partial charge in [0.1, 0.15) is 10.7 Å². The van der Waals surface area contributed by atoms with E-state index in [2.05, 4.69) is 0 Å². The van der Waals surface area contributed by atoms with E-state index in [0.29, 0.717) is 22.9 Å². The van der Waals surface area contributed by atoms with Gasteiger partial charge in [-0.2, -0.15) is 5.26 Å². The van der Waals surface area contributed by atoms with Crippen molar-refractivity contribution < 1.29 is 9.59 Å². The molecule has 0 aliphatic rings. The number of rotatable bonds is 5. The summed E-state index contributed by atoms with van der Waals surface area (Å²) in [5.41, 5.74) is 0.870. The second-order valence-corrected chi connectivity index (χ2v) is 4.94. The van der Waals surface area contributed by atoms with Crippen LogP contribution in [0.25, 0.3) is 0 Å². The van der Waals surface area contributed by atoms with Crippen LogP contribution >= 0.6 is 11.8 Å². The fraction of sp³-hybridized carbons (Fsp3) is 0.0625. The van der Waals surface area contributed by atoms with E-state index in [1.165, 1.54) is 0 Å². The molecule has 3 nitrogen and oxygen atoms in total. The van der Waals surface area contributed by atoms with E-state index < -0.39 is 5.25 Å². The van der Waals surface area contributed by atoms with Crippen LogP contribution in [0.1, 0.15) is 20.7 Å². The van der Waals surface area contributed by atoms with Crippen LogP contribution in [-0.4, -0.2) is 16.8 Å². The van der Waals surface area contributed by atoms with Crippen molar-refractivity contribution in [3.05, 3.63) is 71.8 Å². The predicted octanol–water partition coefficient (Wildman–Crippen LogP) is 3.34. The Morgan fingerprint density at radius 1 is 0.850 bits per heavy atom. The van der Waals surface area contributed by atoms with Gasteiger partial charge in [-0.1, -0.05) is 60.7 Å². The van der Waals surface area contributed by atoms with Crippen molar-refractivity contribution in [2.75, 3.05) is 0 Å². The molecule has 2 aromatic rings. The van der Waals surface area contributed by atoms with Gasteiger partial charge >= 0.3 is 0 Å². The van der Waals surface area contributed by atoms with E-state index in [4.69, 9.17) is 5.26 Å². The zero-order chi connectivity index (χ0) is 14.4. The maximum absolute atomic E-state index is 12.4. The lowest BCUT2D eigenvalue weighted by atomic mass is 10.0. The number of carbonyl (C=O) groups is 2. The Balaban J connectivity index is 2.31. The molecule has 2 rings (SSSR count). The lowest BCUT2D eigenvalue weighted by molar-refractivity contribution is 0.0904. The van der Waals surface area contributed by atoms with Crippen LogP contribution in [0.5, 0.6) is 0 Å². The molecule has 4 heteroatoms. The van der Waals surface area contributed by atoms with Crippen LogP contribution in [0.15, 0.2) is 60.7 Å². The lowest BCUT2D eigenvalue weighted by Crippen LogP contribution is -2.27. The van der Waals surface area contributed by atoms with Gasteiger partial charge < -0.3 is 0 Å². The van der Waals surface area contributed by atoms with Crippen LogP contribution in [0, 0.1) is 10.7 Å². The third kappa shape index (κ3) is 3.14. The summed E-state index contributed by atoms with van der Waals surface area (Å²) in [5.74, 6) is -0.683. The Morgan fingerprint density at radius 2 is 1.25 bits per heavy atom. The van der Waals surface area contributed by atoms with Crippen LogP contribution in [0.4, 0.5) is 0 Å². The summed E-state index contributed by atoms with van der Waals surface area (Å²) in [5, 5.41) is 9.66. The molecule has 0 unspecified atom stereocenters. The number of thiocyanates is 1. The molecule has 2 aromatic carbocycles. The molecular formula is C16H11NO2S. The van der Waals surface area contributed by atoms with Crippen LogP contribution in [0.2, 0.25) is 0 Å². The van der Waals surface area contributed by atoms with Gasteiger partial charge in [0.15, 0.2) is 11.6 Å². The molecule has 98 valence electrons. The van der Waals surface area contributed by atoms with Gasteiger partial charge in [-0.05, 0) is 11.8 Å². The van der Waals surface area contributed by atoms with Gasteiger partial charge in [-0.25, -0.2) is 0 Å². The first kappa shape index (κ1) is 14.0. The Morgan fingerprint density at radius 3 is 1.60 bits per heavy atom. The highest BCUT2D eigenvalue weighted by atomic mass is 32.2. The number of carbonyl (C=O) groups excluding carboxylic acids is 2. The zero-order valence-corrected chi connectivity index (χ0v) is 11.3. The minimum absolute atomic E-state index is 0.342. The van der Waals surface area contributed by atoms with E-state index >= 15 is 0 Å². The Hall–Kier alpha value is -2.38. The van der Waals surface area contributed by atoms with E-state index in [-0.39, 0.29) is 11.6 Å². The molecule has 0 aliphatic heterocycles. The first-order valence-corrected chi connectivity index (χ1v) is 6.85. The number of ketones is 2. The summed E-state index contributed by atoms with van der Waals surface area (Å²) in [6, 6.07) is 17.1. The molecule has 0 aromatic heterocycles. The number of nitrogens with zero attached hydrogens (tertiary/aromatic N) is 1. The van der Waals surface area contributed by atoms with Gasteiger partial charge in [0.2, 0.25) is 0 Å². The normalized spacial score (nSPS) is 10.0. The lowest BCUT2D eigenvalue weighted by Gasteiger charge is -2.10. The van der Waals surface area contributed by atoms with Crippen molar-refractivity contribution in [1.82, 2.24) is 0 Å². The van der Waals surface area contributed by atoms with Crippen molar-refractivity contribution in [1.29, 1.82) is 5.26 Å². The van der Waals surface area contributed by atoms with Crippen molar-refractivity contribution in [2.45, 2.75) is 5.25 Å². The predicted molar refractivity (Wildman–Crippen MR) is 78.5 cm³/mol. The minimum Gasteiger partial charge on any atom is -0.292 e. The maximum atomic E-state index is 12.4. The third-order valence-electron chi connectivity index (χ3n) is 2.76. The summed E-state index contributed by atoms with van der Waals surface area (Å²) in [6.07, 6.45) is 0. The summed E-state index contributed by atoms with van der Waals surface area (Å²) in [6.45, 7) is 0. The van der Waals surface area contributed by atoms with Gasteiger partial charge in [-0.3, -0.25) is 9.59 Å². The van der Waals surface area contributed by atoms with E-state index in [1.54, 1.807) is 60.7 Å². The number of thioether (sulfide) groups is 1. The number of nitriles is 1. The Bertz CT molecular complexity index is 596. The molecule has 0 amide bonds. The van der Waals surface area contributed by atoms with Crippen LogP contribution in [-0.2, 0) is 0 Å². The summed E-state index contributed by atoms with van der Waals surface area (Å²) in [7, 11) is 0. The monoisotopic (exact) mass is 281 g/mol. The average molecular weight is 281 g/mol. The number of hydrogen-bond acceptors (Lipinski definition) is 4. The van der Waals surface area contributed by atoms with Gasteiger partial charge in [0.25, 0.3) is 0 Å². The summed E-state index contributed by atoms with van der Waals surface area (Å²) in [4.78, 5) is 24.7. The number of benzene rings is 2. The molecule has 0 radical (unpaired) electrons. The van der Waals surface area contributed by atoms with Gasteiger partial charge in [0.05, 0.1) is 0 Å². The summed E-state index contributed by atoms with van der Waals surface area (Å²) >= 11 is 0.689. The van der Waals surface area contributed by atoms with Crippen LogP contribution < -0.4 is 0 Å². The smallest absolute Gasteiger partial charge is 0.184 e. The standard InChI is InChI=1S/C16H11NO2S/c17-11-20-16(14(18)12-7-3-1-4-8-12)15(19)13-9-5-2-6-10-13/h1-10,16H. The molecule has 0 N–H and O–H groups in total. The van der Waals surface area contributed by atoms with E-state index in [0.717, 1.165) is 0 Å². The molecule has 0 fully saturated rings. The second kappa shape index (κ2) is 6.69. The molecule has 0 heterocycles. The first-order valence-electron chi connectivity index (χ1n) is 5.97. The Labute approximate surface area is 121 Å². The van der Waals surface area contributed by atoms with E-state index in [9.17, 15) is 9.59 Å². The molecule has 0 saturated heterocycles. The fourth-order valence-corrected chi connectivity index (χ4v) is 2.38. The zero-order valence-electron chi connectivity index (χ0n) is 10.5. The average Bonchev–Trinajstić information content (AvgIpc) is 2.53. The highest BCUT2D eigenvalue weighted by Gasteiger charge is 2.29. The Kier molecular flexibility index (Phi) is 4.70. The molecule has 0 saturated carbocycles. The SMILES string of the molecule is N#CSC(C(=O)c1ccccc1)C(=O)c1ccccc1. The minimum atomic E-state index is -1.02. The quantitative estimate of drug-likeness (QED) is 0.479. The number of hydrogen-bond donors (Lipinski definition) is 0. The van der Waals surface area contributed by atoms with Crippen LogP contribution in [0.3, 0.4) is 0 Å². The molecule has 0 aliphatic carbocycles. The summed E-state index contributed by atoms with van der Waals surface area (Å²) < 4.78 is 0. The topological polar surface area (TPSA) is 57.9 Å². The largest absolute Gasteiger partial charge is 0.292 e. The highest BCUT2D eigenvalue weighted by Crippen LogP contribution is 2.20. The van der Waals surface area contributed by atoms with E-state index in [1.807, 2.05) is 5.40 Å². The number of Topliss-reactive ketones (excluding diaryl/α,β-unsaturated/α-hetero) is 2. The maximum Gasteiger partial charge on any atom is 0.184 e. The first-order chi connectivity index (χ1) is 9.74.